The van der Waals surface area contributed by atoms with Crippen molar-refractivity contribution in [1.82, 2.24) is 0 Å². The van der Waals surface area contributed by atoms with Gasteiger partial charge in [0.15, 0.2) is 0 Å². The summed E-state index contributed by atoms with van der Waals surface area (Å²) in [7, 11) is 0. The molecule has 0 aliphatic heterocycles. The van der Waals surface area contributed by atoms with E-state index in [1.165, 1.54) is 44.1 Å². The molecule has 0 aliphatic carbocycles. The second-order valence-corrected chi connectivity index (χ2v) is 4.26. The maximum atomic E-state index is 4.87. The first-order chi connectivity index (χ1) is 7.36. The zero-order valence-electron chi connectivity index (χ0n) is 9.54. The molecule has 0 radical (unpaired) electrons. The Bertz CT molecular complexity index is 274. The molecule has 0 bridgehead atoms. The molecule has 15 heavy (non-hydrogen) atoms. The van der Waals surface area contributed by atoms with Crippen molar-refractivity contribution in [1.29, 1.82) is 0 Å². The number of hydrogen-bond donors (Lipinski definition) is 0. The smallest absolute Gasteiger partial charge is 0.00861 e. The summed E-state index contributed by atoms with van der Waals surface area (Å²) >= 11 is 4.87. The molecule has 0 saturated carbocycles. The third kappa shape index (κ3) is 5.08. The first kappa shape index (κ1) is 12.4. The van der Waals surface area contributed by atoms with E-state index in [9.17, 15) is 0 Å². The Balaban J connectivity index is 2.22. The average Bonchev–Trinajstić information content (AvgIpc) is 2.30. The summed E-state index contributed by atoms with van der Waals surface area (Å²) in [6.45, 7) is 2.25. The van der Waals surface area contributed by atoms with Gasteiger partial charge in [-0.2, -0.15) is 0 Å². The molecule has 0 aromatic heterocycles. The van der Waals surface area contributed by atoms with Crippen LogP contribution in [0.3, 0.4) is 0 Å². The normalized spacial score (nSPS) is 10.2. The lowest BCUT2D eigenvalue weighted by Crippen LogP contribution is -1.87. The summed E-state index contributed by atoms with van der Waals surface area (Å²) in [6, 6.07) is 8.60. The van der Waals surface area contributed by atoms with Crippen LogP contribution in [0.4, 0.5) is 0 Å². The van der Waals surface area contributed by atoms with Crippen molar-refractivity contribution in [3.05, 3.63) is 35.4 Å². The zero-order valence-corrected chi connectivity index (χ0v) is 10.4. The fourth-order valence-corrected chi connectivity index (χ4v) is 1.85. The van der Waals surface area contributed by atoms with Crippen molar-refractivity contribution < 1.29 is 0 Å². The van der Waals surface area contributed by atoms with Gasteiger partial charge < -0.3 is 0 Å². The van der Waals surface area contributed by atoms with Crippen molar-refractivity contribution in [3.63, 3.8) is 0 Å². The fraction of sp³-hybridized carbons (Fsp3) is 0.500. The predicted octanol–water partition coefficient (Wildman–Crippen LogP) is 4.55. The maximum absolute atomic E-state index is 4.87. The van der Waals surface area contributed by atoms with Gasteiger partial charge in [0.05, 0.1) is 0 Å². The Labute approximate surface area is 98.7 Å². The minimum atomic E-state index is 1.14. The quantitative estimate of drug-likeness (QED) is 0.480. The summed E-state index contributed by atoms with van der Waals surface area (Å²) in [5.74, 6) is 0. The molecule has 0 nitrogen and oxygen atoms in total. The van der Waals surface area contributed by atoms with Crippen LogP contribution in [0.1, 0.15) is 50.2 Å². The van der Waals surface area contributed by atoms with Crippen LogP contribution in [-0.4, -0.2) is 5.37 Å². The molecular formula is C14H20S. The van der Waals surface area contributed by atoms with Gasteiger partial charge in [0.25, 0.3) is 0 Å². The van der Waals surface area contributed by atoms with E-state index in [2.05, 4.69) is 31.2 Å². The minimum absolute atomic E-state index is 1.14. The van der Waals surface area contributed by atoms with E-state index in [0.717, 1.165) is 5.56 Å². The highest BCUT2D eigenvalue weighted by Gasteiger charge is 1.93. The van der Waals surface area contributed by atoms with E-state index >= 15 is 0 Å². The maximum Gasteiger partial charge on any atom is 0.00861 e. The van der Waals surface area contributed by atoms with Gasteiger partial charge in [-0.15, -0.1) is 0 Å². The van der Waals surface area contributed by atoms with E-state index in [0.29, 0.717) is 0 Å². The Hall–Kier alpha value is -0.690. The number of benzene rings is 1. The zero-order chi connectivity index (χ0) is 10.9. The van der Waals surface area contributed by atoms with E-state index < -0.39 is 0 Å². The molecule has 1 aromatic carbocycles. The Morgan fingerprint density at radius 1 is 1.00 bits per heavy atom. The topological polar surface area (TPSA) is 0 Å². The van der Waals surface area contributed by atoms with Crippen LogP contribution in [-0.2, 0) is 6.42 Å². The molecule has 0 unspecified atom stereocenters. The summed E-state index contributed by atoms with van der Waals surface area (Å²) < 4.78 is 0. The van der Waals surface area contributed by atoms with Gasteiger partial charge >= 0.3 is 0 Å². The minimum Gasteiger partial charge on any atom is -0.0881 e. The van der Waals surface area contributed by atoms with Gasteiger partial charge in [-0.3, -0.25) is 0 Å². The molecule has 0 spiro atoms. The lowest BCUT2D eigenvalue weighted by Gasteiger charge is -2.01. The Morgan fingerprint density at radius 3 is 2.27 bits per heavy atom. The largest absolute Gasteiger partial charge is 0.0881 e. The monoisotopic (exact) mass is 220 g/mol. The first-order valence-electron chi connectivity index (χ1n) is 5.91. The highest BCUT2D eigenvalue weighted by atomic mass is 32.1. The predicted molar refractivity (Wildman–Crippen MR) is 71.7 cm³/mol. The number of hydrogen-bond acceptors (Lipinski definition) is 1. The van der Waals surface area contributed by atoms with Crippen LogP contribution < -0.4 is 0 Å². The van der Waals surface area contributed by atoms with Crippen molar-refractivity contribution in [2.24, 2.45) is 0 Å². The SMILES string of the molecule is CCCCCCCc1ccc(C=S)cc1. The molecule has 0 amide bonds. The van der Waals surface area contributed by atoms with Crippen molar-refractivity contribution in [2.45, 2.75) is 45.4 Å². The van der Waals surface area contributed by atoms with Gasteiger partial charge in [-0.25, -0.2) is 0 Å². The van der Waals surface area contributed by atoms with Crippen LogP contribution >= 0.6 is 12.2 Å². The lowest BCUT2D eigenvalue weighted by atomic mass is 10.0. The third-order valence-corrected chi connectivity index (χ3v) is 2.96. The Morgan fingerprint density at radius 2 is 1.67 bits per heavy atom. The molecule has 0 heterocycles. The van der Waals surface area contributed by atoms with Gasteiger partial charge in [-0.1, -0.05) is 69.1 Å². The van der Waals surface area contributed by atoms with E-state index in [4.69, 9.17) is 12.2 Å². The van der Waals surface area contributed by atoms with E-state index in [1.54, 1.807) is 5.37 Å². The first-order valence-corrected chi connectivity index (χ1v) is 6.38. The second kappa shape index (κ2) is 7.58. The van der Waals surface area contributed by atoms with Crippen LogP contribution in [0.15, 0.2) is 24.3 Å². The molecule has 82 valence electrons. The molecular weight excluding hydrogens is 200 g/mol. The van der Waals surface area contributed by atoms with E-state index in [-0.39, 0.29) is 0 Å². The number of rotatable bonds is 7. The molecule has 0 N–H and O–H groups in total. The van der Waals surface area contributed by atoms with Gasteiger partial charge in [0.1, 0.15) is 0 Å². The molecule has 1 aromatic rings. The lowest BCUT2D eigenvalue weighted by molar-refractivity contribution is 0.632. The highest BCUT2D eigenvalue weighted by Crippen LogP contribution is 2.09. The molecule has 0 saturated heterocycles. The standard InChI is InChI=1S/C14H20S/c1-2-3-4-5-6-7-13-8-10-14(12-15)11-9-13/h8-12H,2-7H2,1H3. The Kier molecular flexibility index (Phi) is 6.26. The fourth-order valence-electron chi connectivity index (χ4n) is 1.70. The molecule has 0 aliphatic rings. The molecule has 1 heteroatoms. The van der Waals surface area contributed by atoms with Crippen LogP contribution in [0.2, 0.25) is 0 Å². The average molecular weight is 220 g/mol. The van der Waals surface area contributed by atoms with Gasteiger partial charge in [0, 0.05) is 5.37 Å². The molecule has 0 atom stereocenters. The number of aryl methyl sites for hydroxylation is 1. The summed E-state index contributed by atoms with van der Waals surface area (Å²) in [6.07, 6.45) is 7.98. The van der Waals surface area contributed by atoms with Crippen molar-refractivity contribution >= 4 is 17.6 Å². The second-order valence-electron chi connectivity index (χ2n) is 4.02. The number of unbranched alkanes of at least 4 members (excludes halogenated alkanes) is 4. The van der Waals surface area contributed by atoms with Crippen LogP contribution in [0.25, 0.3) is 0 Å². The number of thiocarbonyl (C=S) groups is 1. The van der Waals surface area contributed by atoms with Crippen molar-refractivity contribution in [2.75, 3.05) is 0 Å². The van der Waals surface area contributed by atoms with Crippen LogP contribution in [0, 0.1) is 0 Å². The summed E-state index contributed by atoms with van der Waals surface area (Å²) in [5.41, 5.74) is 2.58. The molecule has 1 rings (SSSR count). The van der Waals surface area contributed by atoms with Gasteiger partial charge in [-0.05, 0) is 24.0 Å². The summed E-state index contributed by atoms with van der Waals surface area (Å²) in [5, 5.41) is 1.73. The van der Waals surface area contributed by atoms with E-state index in [1.807, 2.05) is 0 Å². The highest BCUT2D eigenvalue weighted by molar-refractivity contribution is 7.79. The summed E-state index contributed by atoms with van der Waals surface area (Å²) in [4.78, 5) is 0. The van der Waals surface area contributed by atoms with Crippen LogP contribution in [0.5, 0.6) is 0 Å². The van der Waals surface area contributed by atoms with Crippen molar-refractivity contribution in [3.8, 4) is 0 Å². The molecule has 0 fully saturated rings. The third-order valence-electron chi connectivity index (χ3n) is 2.68. The van der Waals surface area contributed by atoms with Gasteiger partial charge in [0.2, 0.25) is 0 Å².